The molecule has 3 nitrogen and oxygen atoms in total. The van der Waals surface area contributed by atoms with E-state index in [2.05, 4.69) is 21.0 Å². The Hall–Kier alpha value is -1.29. The Labute approximate surface area is 103 Å². The van der Waals surface area contributed by atoms with Crippen molar-refractivity contribution in [3.63, 3.8) is 0 Å². The molecule has 84 valence electrons. The summed E-state index contributed by atoms with van der Waals surface area (Å²) in [6.07, 6.45) is 1.99. The fourth-order valence-electron chi connectivity index (χ4n) is 1.49. The van der Waals surface area contributed by atoms with Gasteiger partial charge in [-0.15, -0.1) is 0 Å². The van der Waals surface area contributed by atoms with Crippen LogP contribution in [0, 0.1) is 0 Å². The van der Waals surface area contributed by atoms with Gasteiger partial charge in [0.2, 0.25) is 0 Å². The molecule has 0 unspecified atom stereocenters. The summed E-state index contributed by atoms with van der Waals surface area (Å²) in [5, 5.41) is 5.39. The highest BCUT2D eigenvalue weighted by Gasteiger charge is 2.02. The second-order valence-corrected chi connectivity index (χ2v) is 4.17. The van der Waals surface area contributed by atoms with Gasteiger partial charge in [-0.05, 0) is 30.3 Å². The largest absolute Gasteiger partial charge is 0.497 e. The molecule has 0 bridgehead atoms. The molecule has 0 amide bonds. The van der Waals surface area contributed by atoms with Crippen molar-refractivity contribution in [2.45, 2.75) is 6.54 Å². The molecule has 1 heterocycles. The fourth-order valence-corrected chi connectivity index (χ4v) is 1.85. The van der Waals surface area contributed by atoms with Gasteiger partial charge in [0, 0.05) is 17.1 Å². The second kappa shape index (κ2) is 5.16. The number of methoxy groups -OCH3 is 1. The molecule has 2 rings (SSSR count). The van der Waals surface area contributed by atoms with E-state index < -0.39 is 0 Å². The van der Waals surface area contributed by atoms with E-state index in [4.69, 9.17) is 4.74 Å². The minimum atomic E-state index is 0.864. The first-order valence-electron chi connectivity index (χ1n) is 5.07. The molecule has 1 aromatic carbocycles. The molecule has 0 aliphatic rings. The highest BCUT2D eigenvalue weighted by atomic mass is 79.9. The predicted molar refractivity (Wildman–Crippen MR) is 68.0 cm³/mol. The van der Waals surface area contributed by atoms with Crippen LogP contribution in [0.15, 0.2) is 36.5 Å². The zero-order valence-corrected chi connectivity index (χ0v) is 10.6. The monoisotopic (exact) mass is 280 g/mol. The molecule has 0 N–H and O–H groups in total. The molecule has 0 saturated carbocycles. The highest BCUT2D eigenvalue weighted by molar-refractivity contribution is 9.09. The Morgan fingerprint density at radius 3 is 2.62 bits per heavy atom. The zero-order chi connectivity index (χ0) is 11.4. The molecule has 0 spiro atoms. The smallest absolute Gasteiger partial charge is 0.118 e. The van der Waals surface area contributed by atoms with E-state index >= 15 is 0 Å². The third-order valence-corrected chi connectivity index (χ3v) is 2.69. The predicted octanol–water partition coefficient (Wildman–Crippen LogP) is 2.95. The van der Waals surface area contributed by atoms with Crippen molar-refractivity contribution in [1.29, 1.82) is 0 Å². The standard InChI is InChI=1S/C12H13BrN2O/c1-16-11-4-2-10(3-5-11)12-6-8-15(14-12)9-7-13/h2-6,8H,7,9H2,1H3. The number of nitrogens with zero attached hydrogens (tertiary/aromatic N) is 2. The molecule has 0 aliphatic carbocycles. The molecule has 0 aliphatic heterocycles. The highest BCUT2D eigenvalue weighted by Crippen LogP contribution is 2.20. The third-order valence-electron chi connectivity index (χ3n) is 2.34. The van der Waals surface area contributed by atoms with Gasteiger partial charge in [-0.25, -0.2) is 0 Å². The summed E-state index contributed by atoms with van der Waals surface area (Å²) < 4.78 is 7.04. The van der Waals surface area contributed by atoms with Crippen molar-refractivity contribution in [1.82, 2.24) is 9.78 Å². The second-order valence-electron chi connectivity index (χ2n) is 3.38. The van der Waals surface area contributed by atoms with Crippen molar-refractivity contribution in [2.24, 2.45) is 0 Å². The van der Waals surface area contributed by atoms with Gasteiger partial charge in [0.25, 0.3) is 0 Å². The first-order chi connectivity index (χ1) is 7.83. The van der Waals surface area contributed by atoms with Gasteiger partial charge in [-0.2, -0.15) is 5.10 Å². The van der Waals surface area contributed by atoms with Gasteiger partial charge in [-0.3, -0.25) is 4.68 Å². The van der Waals surface area contributed by atoms with Crippen molar-refractivity contribution in [3.8, 4) is 17.0 Å². The Balaban J connectivity index is 2.21. The summed E-state index contributed by atoms with van der Waals surface area (Å²) in [6, 6.07) is 9.93. The van der Waals surface area contributed by atoms with E-state index in [9.17, 15) is 0 Å². The van der Waals surface area contributed by atoms with Gasteiger partial charge in [-0.1, -0.05) is 15.9 Å². The minimum Gasteiger partial charge on any atom is -0.497 e. The lowest BCUT2D eigenvalue weighted by Gasteiger charge is -2.00. The van der Waals surface area contributed by atoms with Crippen LogP contribution < -0.4 is 4.74 Å². The van der Waals surface area contributed by atoms with E-state index in [1.165, 1.54) is 0 Å². The lowest BCUT2D eigenvalue weighted by Crippen LogP contribution is -1.98. The van der Waals surface area contributed by atoms with Crippen LogP contribution in [-0.2, 0) is 6.54 Å². The number of benzene rings is 1. The van der Waals surface area contributed by atoms with Crippen LogP contribution in [0.2, 0.25) is 0 Å². The summed E-state index contributed by atoms with van der Waals surface area (Å²) in [5.41, 5.74) is 2.10. The molecule has 0 radical (unpaired) electrons. The Kier molecular flexibility index (Phi) is 3.62. The Bertz CT molecular complexity index is 450. The lowest BCUT2D eigenvalue weighted by molar-refractivity contribution is 0.415. The van der Waals surface area contributed by atoms with Crippen molar-refractivity contribution < 1.29 is 4.74 Å². The van der Waals surface area contributed by atoms with Gasteiger partial charge in [0.15, 0.2) is 0 Å². The maximum Gasteiger partial charge on any atom is 0.118 e. The van der Waals surface area contributed by atoms with E-state index in [1.54, 1.807) is 7.11 Å². The molecule has 0 fully saturated rings. The average Bonchev–Trinajstić information content (AvgIpc) is 2.78. The minimum absolute atomic E-state index is 0.864. The van der Waals surface area contributed by atoms with Crippen LogP contribution in [0.25, 0.3) is 11.3 Å². The Morgan fingerprint density at radius 2 is 2.00 bits per heavy atom. The van der Waals surface area contributed by atoms with E-state index in [0.717, 1.165) is 28.9 Å². The summed E-state index contributed by atoms with van der Waals surface area (Å²) in [5.74, 6) is 0.864. The van der Waals surface area contributed by atoms with E-state index in [-0.39, 0.29) is 0 Å². The number of halogens is 1. The van der Waals surface area contributed by atoms with Crippen molar-refractivity contribution in [3.05, 3.63) is 36.5 Å². The number of hydrogen-bond donors (Lipinski definition) is 0. The maximum absolute atomic E-state index is 5.12. The van der Waals surface area contributed by atoms with Crippen LogP contribution in [0.5, 0.6) is 5.75 Å². The van der Waals surface area contributed by atoms with Crippen LogP contribution in [0.3, 0.4) is 0 Å². The Morgan fingerprint density at radius 1 is 1.25 bits per heavy atom. The average molecular weight is 281 g/mol. The number of ether oxygens (including phenoxy) is 1. The molecule has 1 aromatic heterocycles. The van der Waals surface area contributed by atoms with Crippen LogP contribution in [0.4, 0.5) is 0 Å². The van der Waals surface area contributed by atoms with Crippen molar-refractivity contribution in [2.75, 3.05) is 12.4 Å². The topological polar surface area (TPSA) is 27.1 Å². The van der Waals surface area contributed by atoms with E-state index in [0.29, 0.717) is 0 Å². The lowest BCUT2D eigenvalue weighted by atomic mass is 10.1. The summed E-state index contributed by atoms with van der Waals surface area (Å²) in [7, 11) is 1.67. The number of rotatable bonds is 4. The molecule has 0 atom stereocenters. The summed E-state index contributed by atoms with van der Waals surface area (Å²) in [6.45, 7) is 0.885. The number of alkyl halides is 1. The summed E-state index contributed by atoms with van der Waals surface area (Å²) in [4.78, 5) is 0. The molecular formula is C12H13BrN2O. The van der Waals surface area contributed by atoms with Gasteiger partial charge in [0.1, 0.15) is 5.75 Å². The first kappa shape index (κ1) is 11.2. The number of aromatic nitrogens is 2. The maximum atomic E-state index is 5.12. The van der Waals surface area contributed by atoms with Crippen LogP contribution in [-0.4, -0.2) is 22.2 Å². The normalized spacial score (nSPS) is 10.4. The molecule has 4 heteroatoms. The fraction of sp³-hybridized carbons (Fsp3) is 0.250. The van der Waals surface area contributed by atoms with Crippen molar-refractivity contribution >= 4 is 15.9 Å². The molecule has 16 heavy (non-hydrogen) atoms. The van der Waals surface area contributed by atoms with Gasteiger partial charge < -0.3 is 4.74 Å². The summed E-state index contributed by atoms with van der Waals surface area (Å²) >= 11 is 3.39. The third kappa shape index (κ3) is 2.44. The molecular weight excluding hydrogens is 268 g/mol. The molecule has 0 saturated heterocycles. The first-order valence-corrected chi connectivity index (χ1v) is 6.19. The number of hydrogen-bond acceptors (Lipinski definition) is 2. The molecule has 2 aromatic rings. The van der Waals surface area contributed by atoms with Gasteiger partial charge >= 0.3 is 0 Å². The number of aryl methyl sites for hydroxylation is 1. The van der Waals surface area contributed by atoms with Crippen LogP contribution in [0.1, 0.15) is 0 Å². The quantitative estimate of drug-likeness (QED) is 0.806. The zero-order valence-electron chi connectivity index (χ0n) is 9.06. The van der Waals surface area contributed by atoms with Gasteiger partial charge in [0.05, 0.1) is 19.3 Å². The van der Waals surface area contributed by atoms with E-state index in [1.807, 2.05) is 41.2 Å². The SMILES string of the molecule is COc1ccc(-c2ccn(CCBr)n2)cc1. The van der Waals surface area contributed by atoms with Crippen LogP contribution >= 0.6 is 15.9 Å².